The fourth-order valence-electron chi connectivity index (χ4n) is 4.60. The number of aromatic amines is 2. The second-order valence-corrected chi connectivity index (χ2v) is 8.09. The van der Waals surface area contributed by atoms with Crippen molar-refractivity contribution in [1.82, 2.24) is 19.4 Å². The molecule has 0 saturated heterocycles. The van der Waals surface area contributed by atoms with Crippen LogP contribution in [0.5, 0.6) is 5.88 Å². The molecular formula is C23H21ClN4O3. The lowest BCUT2D eigenvalue weighted by Crippen LogP contribution is -2.41. The van der Waals surface area contributed by atoms with Gasteiger partial charge in [-0.3, -0.25) is 14.7 Å². The first-order valence-electron chi connectivity index (χ1n) is 10.2. The standard InChI is InChI=1S/C23H21ClN4O3/c1-2-27-11-10-16-15-8-3-4-9-17(15)25-19(16)20(27)18-21(29)26-23(31)28(22(18)30)14-7-5-6-13(24)12-14/h3-9,12,20,25,30H,2,10-11H2,1H3,(H,26,29,31). The first-order chi connectivity index (χ1) is 15.0. The van der Waals surface area contributed by atoms with Crippen LogP contribution in [0, 0.1) is 0 Å². The molecule has 4 aromatic rings. The molecule has 31 heavy (non-hydrogen) atoms. The average Bonchev–Trinajstić information content (AvgIpc) is 3.12. The van der Waals surface area contributed by atoms with E-state index in [4.69, 9.17) is 11.6 Å². The second kappa shape index (κ2) is 7.44. The van der Waals surface area contributed by atoms with Gasteiger partial charge in [0.25, 0.3) is 5.56 Å². The Morgan fingerprint density at radius 1 is 1.13 bits per heavy atom. The second-order valence-electron chi connectivity index (χ2n) is 7.66. The van der Waals surface area contributed by atoms with Crippen molar-refractivity contribution in [3.8, 4) is 11.6 Å². The van der Waals surface area contributed by atoms with Crippen molar-refractivity contribution in [2.24, 2.45) is 0 Å². The highest BCUT2D eigenvalue weighted by molar-refractivity contribution is 6.30. The number of fused-ring (bicyclic) bond motifs is 3. The maximum absolute atomic E-state index is 13.0. The lowest BCUT2D eigenvalue weighted by molar-refractivity contribution is 0.215. The van der Waals surface area contributed by atoms with Gasteiger partial charge < -0.3 is 10.1 Å². The number of likely N-dealkylation sites (N-methyl/N-ethyl adjacent to an activating group) is 1. The topological polar surface area (TPSA) is 94.1 Å². The highest BCUT2D eigenvalue weighted by Gasteiger charge is 2.35. The first-order valence-corrected chi connectivity index (χ1v) is 10.5. The molecule has 0 amide bonds. The molecule has 3 heterocycles. The Bertz CT molecular complexity index is 1420. The normalized spacial score (nSPS) is 16.5. The number of para-hydroxylation sites is 1. The van der Waals surface area contributed by atoms with Gasteiger partial charge in [-0.2, -0.15) is 0 Å². The molecule has 5 rings (SSSR count). The Hall–Kier alpha value is -3.29. The summed E-state index contributed by atoms with van der Waals surface area (Å²) in [5.74, 6) is -0.383. The number of H-pyrrole nitrogens is 2. The zero-order valence-electron chi connectivity index (χ0n) is 16.9. The number of nitrogens with zero attached hydrogens (tertiary/aromatic N) is 2. The van der Waals surface area contributed by atoms with Crippen molar-refractivity contribution in [3.05, 3.63) is 91.2 Å². The highest BCUT2D eigenvalue weighted by atomic mass is 35.5. The number of benzene rings is 2. The van der Waals surface area contributed by atoms with Crippen LogP contribution in [0.4, 0.5) is 0 Å². The number of rotatable bonds is 3. The van der Waals surface area contributed by atoms with Crippen LogP contribution in [0.3, 0.4) is 0 Å². The summed E-state index contributed by atoms with van der Waals surface area (Å²) < 4.78 is 1.09. The molecule has 0 bridgehead atoms. The van der Waals surface area contributed by atoms with Crippen molar-refractivity contribution in [2.75, 3.05) is 13.1 Å². The fourth-order valence-corrected chi connectivity index (χ4v) is 4.78. The van der Waals surface area contributed by atoms with E-state index in [0.29, 0.717) is 17.3 Å². The summed E-state index contributed by atoms with van der Waals surface area (Å²) in [5.41, 5.74) is 2.17. The Morgan fingerprint density at radius 3 is 2.71 bits per heavy atom. The number of hydrogen-bond donors (Lipinski definition) is 3. The number of aromatic hydroxyl groups is 1. The van der Waals surface area contributed by atoms with Crippen LogP contribution in [-0.4, -0.2) is 37.6 Å². The van der Waals surface area contributed by atoms with Gasteiger partial charge in [0.1, 0.15) is 5.56 Å². The quantitative estimate of drug-likeness (QED) is 0.459. The third-order valence-corrected chi connectivity index (χ3v) is 6.24. The van der Waals surface area contributed by atoms with Crippen LogP contribution < -0.4 is 11.2 Å². The van der Waals surface area contributed by atoms with E-state index in [0.717, 1.165) is 39.7 Å². The van der Waals surface area contributed by atoms with E-state index < -0.39 is 17.3 Å². The molecule has 2 aromatic carbocycles. The van der Waals surface area contributed by atoms with E-state index in [2.05, 4.69) is 20.9 Å². The molecule has 0 saturated carbocycles. The number of hydrogen-bond acceptors (Lipinski definition) is 4. The number of nitrogens with one attached hydrogen (secondary N) is 2. The first kappa shape index (κ1) is 19.7. The molecular weight excluding hydrogens is 416 g/mol. The van der Waals surface area contributed by atoms with Crippen LogP contribution in [0.1, 0.15) is 29.8 Å². The predicted octanol–water partition coefficient (Wildman–Crippen LogP) is 3.33. The Balaban J connectivity index is 1.79. The van der Waals surface area contributed by atoms with Crippen LogP contribution in [0.25, 0.3) is 16.6 Å². The lowest BCUT2D eigenvalue weighted by atomic mass is 9.93. The smallest absolute Gasteiger partial charge is 0.335 e. The van der Waals surface area contributed by atoms with Gasteiger partial charge in [-0.05, 0) is 42.8 Å². The molecule has 158 valence electrons. The van der Waals surface area contributed by atoms with Crippen LogP contribution in [0.15, 0.2) is 58.1 Å². The molecule has 1 atom stereocenters. The maximum Gasteiger partial charge on any atom is 0.335 e. The summed E-state index contributed by atoms with van der Waals surface area (Å²) in [4.78, 5) is 33.6. The molecule has 0 fully saturated rings. The molecule has 8 heteroatoms. The lowest BCUT2D eigenvalue weighted by Gasteiger charge is -2.35. The van der Waals surface area contributed by atoms with Crippen molar-refractivity contribution in [1.29, 1.82) is 0 Å². The van der Waals surface area contributed by atoms with Gasteiger partial charge in [0.05, 0.1) is 11.7 Å². The van der Waals surface area contributed by atoms with E-state index >= 15 is 0 Å². The summed E-state index contributed by atoms with van der Waals surface area (Å²) in [5, 5.41) is 12.7. The van der Waals surface area contributed by atoms with E-state index in [1.807, 2.05) is 25.1 Å². The SMILES string of the molecule is CCN1CCc2c([nH]c3ccccc23)C1c1c(O)n(-c2cccc(Cl)c2)c(=O)[nH]c1=O. The minimum Gasteiger partial charge on any atom is -0.494 e. The zero-order valence-corrected chi connectivity index (χ0v) is 17.6. The maximum atomic E-state index is 13.0. The van der Waals surface area contributed by atoms with Gasteiger partial charge in [0.15, 0.2) is 0 Å². The molecule has 1 aliphatic rings. The van der Waals surface area contributed by atoms with Crippen molar-refractivity contribution in [2.45, 2.75) is 19.4 Å². The minimum atomic E-state index is -0.718. The highest BCUT2D eigenvalue weighted by Crippen LogP contribution is 2.39. The summed E-state index contributed by atoms with van der Waals surface area (Å²) >= 11 is 6.09. The fraction of sp³-hybridized carbons (Fsp3) is 0.217. The Labute approximate surface area is 182 Å². The molecule has 1 unspecified atom stereocenters. The predicted molar refractivity (Wildman–Crippen MR) is 120 cm³/mol. The van der Waals surface area contributed by atoms with Gasteiger partial charge in [-0.1, -0.05) is 42.8 Å². The van der Waals surface area contributed by atoms with E-state index in [9.17, 15) is 14.7 Å². The van der Waals surface area contributed by atoms with Gasteiger partial charge in [0.2, 0.25) is 5.88 Å². The third kappa shape index (κ3) is 3.08. The molecule has 7 nitrogen and oxygen atoms in total. The number of halogens is 1. The van der Waals surface area contributed by atoms with Crippen LogP contribution in [0.2, 0.25) is 5.02 Å². The zero-order chi connectivity index (χ0) is 21.7. The molecule has 0 aliphatic carbocycles. The molecule has 2 aromatic heterocycles. The Kier molecular flexibility index (Phi) is 4.72. The average molecular weight is 437 g/mol. The summed E-state index contributed by atoms with van der Waals surface area (Å²) in [6, 6.07) is 14.1. The van der Waals surface area contributed by atoms with Gasteiger partial charge in [0, 0.05) is 28.2 Å². The molecule has 0 spiro atoms. The molecule has 0 radical (unpaired) electrons. The van der Waals surface area contributed by atoms with Crippen LogP contribution in [-0.2, 0) is 6.42 Å². The van der Waals surface area contributed by atoms with Crippen molar-refractivity contribution >= 4 is 22.5 Å². The largest absolute Gasteiger partial charge is 0.494 e. The van der Waals surface area contributed by atoms with Gasteiger partial charge in [-0.15, -0.1) is 0 Å². The van der Waals surface area contributed by atoms with E-state index in [1.54, 1.807) is 24.3 Å². The van der Waals surface area contributed by atoms with Crippen LogP contribution >= 0.6 is 11.6 Å². The van der Waals surface area contributed by atoms with E-state index in [-0.39, 0.29) is 11.4 Å². The monoisotopic (exact) mass is 436 g/mol. The summed E-state index contributed by atoms with van der Waals surface area (Å²) in [7, 11) is 0. The minimum absolute atomic E-state index is 0.133. The van der Waals surface area contributed by atoms with E-state index in [1.165, 1.54) is 0 Å². The number of aromatic nitrogens is 3. The third-order valence-electron chi connectivity index (χ3n) is 6.00. The summed E-state index contributed by atoms with van der Waals surface area (Å²) in [6.45, 7) is 3.42. The van der Waals surface area contributed by atoms with Gasteiger partial charge >= 0.3 is 5.69 Å². The molecule has 3 N–H and O–H groups in total. The Morgan fingerprint density at radius 2 is 1.94 bits per heavy atom. The molecule has 1 aliphatic heterocycles. The van der Waals surface area contributed by atoms with Crippen molar-refractivity contribution in [3.63, 3.8) is 0 Å². The van der Waals surface area contributed by atoms with Gasteiger partial charge in [-0.25, -0.2) is 9.36 Å². The van der Waals surface area contributed by atoms with Crippen molar-refractivity contribution < 1.29 is 5.11 Å². The summed E-state index contributed by atoms with van der Waals surface area (Å²) in [6.07, 6.45) is 0.830.